The van der Waals surface area contributed by atoms with E-state index in [1.807, 2.05) is 25.1 Å². The number of aryl methyl sites for hydroxylation is 1. The van der Waals surface area contributed by atoms with Gasteiger partial charge in [-0.15, -0.1) is 0 Å². The zero-order valence-electron chi connectivity index (χ0n) is 17.7. The molecule has 0 saturated heterocycles. The SMILES string of the molecule is Cc1ccccc1NC(=O)COc1ccccc1/C=N\NC(=O)C(=O)Nc1ccccc1F. The van der Waals surface area contributed by atoms with Crippen LogP contribution in [0.1, 0.15) is 11.1 Å². The van der Waals surface area contributed by atoms with Gasteiger partial charge in [0.2, 0.25) is 0 Å². The van der Waals surface area contributed by atoms with E-state index in [-0.39, 0.29) is 18.2 Å². The molecule has 0 spiro atoms. The largest absolute Gasteiger partial charge is 0.483 e. The number of nitrogens with zero attached hydrogens (tertiary/aromatic N) is 1. The summed E-state index contributed by atoms with van der Waals surface area (Å²) in [6.45, 7) is 1.64. The normalized spacial score (nSPS) is 10.5. The van der Waals surface area contributed by atoms with Crippen LogP contribution in [0, 0.1) is 12.7 Å². The highest BCUT2D eigenvalue weighted by molar-refractivity contribution is 6.39. The molecule has 3 aromatic rings. The van der Waals surface area contributed by atoms with Gasteiger partial charge in [-0.25, -0.2) is 9.82 Å². The van der Waals surface area contributed by atoms with E-state index in [2.05, 4.69) is 21.2 Å². The molecule has 3 amide bonds. The van der Waals surface area contributed by atoms with Crippen LogP contribution in [0.3, 0.4) is 0 Å². The van der Waals surface area contributed by atoms with Gasteiger partial charge in [-0.2, -0.15) is 5.10 Å². The van der Waals surface area contributed by atoms with E-state index in [0.717, 1.165) is 11.6 Å². The van der Waals surface area contributed by atoms with Gasteiger partial charge in [-0.3, -0.25) is 14.4 Å². The van der Waals surface area contributed by atoms with Crippen LogP contribution < -0.4 is 20.8 Å². The number of hydrogen-bond acceptors (Lipinski definition) is 5. The summed E-state index contributed by atoms with van der Waals surface area (Å²) in [4.78, 5) is 36.0. The molecule has 0 bridgehead atoms. The molecular weight excluding hydrogens is 427 g/mol. The molecule has 3 aromatic carbocycles. The lowest BCUT2D eigenvalue weighted by molar-refractivity contribution is -0.136. The Kier molecular flexibility index (Phi) is 7.85. The summed E-state index contributed by atoms with van der Waals surface area (Å²) >= 11 is 0. The van der Waals surface area contributed by atoms with Crippen molar-refractivity contribution in [2.45, 2.75) is 6.92 Å². The van der Waals surface area contributed by atoms with Crippen molar-refractivity contribution in [1.29, 1.82) is 0 Å². The summed E-state index contributed by atoms with van der Waals surface area (Å²) in [6, 6.07) is 19.6. The molecule has 0 aliphatic heterocycles. The molecular formula is C24H21FN4O4. The Balaban J connectivity index is 1.54. The number of halogens is 1. The van der Waals surface area contributed by atoms with Crippen LogP contribution in [0.25, 0.3) is 0 Å². The molecule has 0 heterocycles. The number of hydrazone groups is 1. The Hall–Kier alpha value is -4.53. The van der Waals surface area contributed by atoms with Gasteiger partial charge in [0.25, 0.3) is 5.91 Å². The maximum Gasteiger partial charge on any atom is 0.329 e. The van der Waals surface area contributed by atoms with Crippen LogP contribution in [-0.2, 0) is 14.4 Å². The molecule has 0 aromatic heterocycles. The fourth-order valence-corrected chi connectivity index (χ4v) is 2.71. The van der Waals surface area contributed by atoms with Crippen LogP contribution in [0.4, 0.5) is 15.8 Å². The Morgan fingerprint density at radius 3 is 2.30 bits per heavy atom. The summed E-state index contributed by atoms with van der Waals surface area (Å²) in [6.07, 6.45) is 1.27. The standard InChI is InChI=1S/C24H21FN4O4/c1-16-8-2-5-11-19(16)27-22(30)15-33-21-13-7-3-9-17(21)14-26-29-24(32)23(31)28-20-12-6-4-10-18(20)25/h2-14H,15H2,1H3,(H,27,30)(H,28,31)(H,29,32)/b26-14-. The second-order valence-corrected chi connectivity index (χ2v) is 6.82. The van der Waals surface area contributed by atoms with E-state index in [9.17, 15) is 18.8 Å². The molecule has 33 heavy (non-hydrogen) atoms. The quantitative estimate of drug-likeness (QED) is 0.293. The molecule has 0 atom stereocenters. The lowest BCUT2D eigenvalue weighted by Gasteiger charge is -2.11. The summed E-state index contributed by atoms with van der Waals surface area (Å²) in [5.41, 5.74) is 4.03. The number of benzene rings is 3. The van der Waals surface area contributed by atoms with Gasteiger partial charge >= 0.3 is 11.8 Å². The number of para-hydroxylation sites is 3. The van der Waals surface area contributed by atoms with Crippen molar-refractivity contribution in [3.05, 3.63) is 89.7 Å². The minimum absolute atomic E-state index is 0.121. The lowest BCUT2D eigenvalue weighted by Crippen LogP contribution is -2.32. The zero-order chi connectivity index (χ0) is 23.6. The lowest BCUT2D eigenvalue weighted by atomic mass is 10.2. The fraction of sp³-hybridized carbons (Fsp3) is 0.0833. The van der Waals surface area contributed by atoms with Crippen LogP contribution in [-0.4, -0.2) is 30.5 Å². The van der Waals surface area contributed by atoms with E-state index in [1.54, 1.807) is 30.3 Å². The molecule has 0 aliphatic carbocycles. The van der Waals surface area contributed by atoms with Gasteiger partial charge < -0.3 is 15.4 Å². The summed E-state index contributed by atoms with van der Waals surface area (Å²) in [5, 5.41) is 8.66. The molecule has 3 N–H and O–H groups in total. The van der Waals surface area contributed by atoms with E-state index in [1.165, 1.54) is 24.4 Å². The first kappa shape index (κ1) is 23.1. The predicted octanol–water partition coefficient (Wildman–Crippen LogP) is 3.24. The van der Waals surface area contributed by atoms with Crippen molar-refractivity contribution in [3.63, 3.8) is 0 Å². The van der Waals surface area contributed by atoms with Gasteiger partial charge in [0.15, 0.2) is 6.61 Å². The van der Waals surface area contributed by atoms with Gasteiger partial charge in [-0.1, -0.05) is 42.5 Å². The van der Waals surface area contributed by atoms with Crippen molar-refractivity contribution >= 4 is 35.3 Å². The summed E-state index contributed by atoms with van der Waals surface area (Å²) in [5.74, 6) is -2.81. The van der Waals surface area contributed by atoms with Gasteiger partial charge in [0.05, 0.1) is 11.9 Å². The average molecular weight is 448 g/mol. The molecule has 0 radical (unpaired) electrons. The number of anilines is 2. The maximum absolute atomic E-state index is 13.6. The van der Waals surface area contributed by atoms with Crippen molar-refractivity contribution in [1.82, 2.24) is 5.43 Å². The number of rotatable bonds is 7. The van der Waals surface area contributed by atoms with Crippen LogP contribution in [0.5, 0.6) is 5.75 Å². The van der Waals surface area contributed by atoms with Crippen LogP contribution in [0.15, 0.2) is 77.9 Å². The minimum Gasteiger partial charge on any atom is -0.483 e. The van der Waals surface area contributed by atoms with Crippen molar-refractivity contribution in [2.75, 3.05) is 17.2 Å². The number of hydrogen-bond donors (Lipinski definition) is 3. The van der Waals surface area contributed by atoms with E-state index >= 15 is 0 Å². The molecule has 0 unspecified atom stereocenters. The number of carbonyl (C=O) groups is 3. The zero-order valence-corrected chi connectivity index (χ0v) is 17.7. The predicted molar refractivity (Wildman–Crippen MR) is 123 cm³/mol. The highest BCUT2D eigenvalue weighted by atomic mass is 19.1. The summed E-state index contributed by atoms with van der Waals surface area (Å²) in [7, 11) is 0. The van der Waals surface area contributed by atoms with E-state index < -0.39 is 17.6 Å². The topological polar surface area (TPSA) is 109 Å². The second kappa shape index (κ2) is 11.2. The number of nitrogens with one attached hydrogen (secondary N) is 3. The van der Waals surface area contributed by atoms with Gasteiger partial charge in [0.1, 0.15) is 11.6 Å². The minimum atomic E-state index is -1.08. The maximum atomic E-state index is 13.6. The highest BCUT2D eigenvalue weighted by Crippen LogP contribution is 2.17. The van der Waals surface area contributed by atoms with Gasteiger partial charge in [0, 0.05) is 11.3 Å². The number of ether oxygens (including phenoxy) is 1. The van der Waals surface area contributed by atoms with Crippen LogP contribution >= 0.6 is 0 Å². The first-order valence-corrected chi connectivity index (χ1v) is 9.90. The van der Waals surface area contributed by atoms with Crippen molar-refractivity contribution in [3.8, 4) is 5.75 Å². The first-order valence-electron chi connectivity index (χ1n) is 9.90. The molecule has 3 rings (SSSR count). The average Bonchev–Trinajstić information content (AvgIpc) is 2.81. The Labute approximate surface area is 189 Å². The summed E-state index contributed by atoms with van der Waals surface area (Å²) < 4.78 is 19.2. The molecule has 168 valence electrons. The number of amides is 3. The highest BCUT2D eigenvalue weighted by Gasteiger charge is 2.15. The number of carbonyl (C=O) groups excluding carboxylic acids is 3. The third kappa shape index (κ3) is 6.73. The Morgan fingerprint density at radius 1 is 0.879 bits per heavy atom. The van der Waals surface area contributed by atoms with Crippen molar-refractivity contribution < 1.29 is 23.5 Å². The molecule has 0 fully saturated rings. The Bertz CT molecular complexity index is 1200. The first-order chi connectivity index (χ1) is 15.9. The Morgan fingerprint density at radius 2 is 1.55 bits per heavy atom. The second-order valence-electron chi connectivity index (χ2n) is 6.82. The molecule has 0 aliphatic rings. The van der Waals surface area contributed by atoms with Crippen molar-refractivity contribution in [2.24, 2.45) is 5.10 Å². The smallest absolute Gasteiger partial charge is 0.329 e. The van der Waals surface area contributed by atoms with Crippen LogP contribution in [0.2, 0.25) is 0 Å². The van der Waals surface area contributed by atoms with Gasteiger partial charge in [-0.05, 0) is 42.8 Å². The van der Waals surface area contributed by atoms with E-state index in [4.69, 9.17) is 4.74 Å². The monoisotopic (exact) mass is 448 g/mol. The van der Waals surface area contributed by atoms with E-state index in [0.29, 0.717) is 17.0 Å². The third-order valence-corrected chi connectivity index (χ3v) is 4.39. The molecule has 0 saturated carbocycles. The molecule has 8 nitrogen and oxygen atoms in total. The third-order valence-electron chi connectivity index (χ3n) is 4.39. The fourth-order valence-electron chi connectivity index (χ4n) is 2.71. The molecule has 9 heteroatoms.